The molecule has 2 rings (SSSR count). The van der Waals surface area contributed by atoms with Crippen molar-refractivity contribution in [2.45, 2.75) is 13.5 Å². The summed E-state index contributed by atoms with van der Waals surface area (Å²) in [6, 6.07) is 3.63. The summed E-state index contributed by atoms with van der Waals surface area (Å²) in [6.45, 7) is 2.64. The van der Waals surface area contributed by atoms with Gasteiger partial charge >= 0.3 is 0 Å². The molecule has 100 valence electrons. The maximum Gasteiger partial charge on any atom is 0.147 e. The van der Waals surface area contributed by atoms with Gasteiger partial charge in [0.25, 0.3) is 0 Å². The Balaban J connectivity index is 2.18. The van der Waals surface area contributed by atoms with Crippen LogP contribution in [0.3, 0.4) is 0 Å². The molecule has 4 nitrogen and oxygen atoms in total. The monoisotopic (exact) mass is 296 g/mol. The first-order valence-corrected chi connectivity index (χ1v) is 6.54. The van der Waals surface area contributed by atoms with Crippen LogP contribution < -0.4 is 10.6 Å². The Morgan fingerprint density at radius 2 is 1.95 bits per heavy atom. The average Bonchev–Trinajstić information content (AvgIpc) is 2.39. The minimum atomic E-state index is 0.491. The maximum absolute atomic E-state index is 6.11. The number of hydrogen-bond acceptors (Lipinski definition) is 4. The van der Waals surface area contributed by atoms with E-state index in [2.05, 4.69) is 20.6 Å². The van der Waals surface area contributed by atoms with Crippen molar-refractivity contribution in [1.82, 2.24) is 9.97 Å². The Bertz CT molecular complexity index is 587. The van der Waals surface area contributed by atoms with Crippen molar-refractivity contribution in [2.24, 2.45) is 0 Å². The fourth-order valence-corrected chi connectivity index (χ4v) is 2.15. The number of aromatic nitrogens is 2. The van der Waals surface area contributed by atoms with Gasteiger partial charge in [-0.1, -0.05) is 23.2 Å². The van der Waals surface area contributed by atoms with Crippen LogP contribution in [-0.4, -0.2) is 17.0 Å². The number of aryl methyl sites for hydroxylation is 1. The molecule has 0 aliphatic rings. The summed E-state index contributed by atoms with van der Waals surface area (Å²) in [5, 5.41) is 7.10. The van der Waals surface area contributed by atoms with E-state index in [0.717, 1.165) is 5.56 Å². The van der Waals surface area contributed by atoms with E-state index in [9.17, 15) is 0 Å². The van der Waals surface area contributed by atoms with Gasteiger partial charge in [-0.3, -0.25) is 4.98 Å². The summed E-state index contributed by atoms with van der Waals surface area (Å²) < 4.78 is 0. The highest BCUT2D eigenvalue weighted by molar-refractivity contribution is 6.37. The van der Waals surface area contributed by atoms with E-state index in [-0.39, 0.29) is 0 Å². The van der Waals surface area contributed by atoms with Crippen molar-refractivity contribution in [3.8, 4) is 0 Å². The van der Waals surface area contributed by atoms with Crippen LogP contribution in [0.4, 0.5) is 11.6 Å². The Morgan fingerprint density at radius 1 is 1.21 bits per heavy atom. The lowest BCUT2D eigenvalue weighted by Gasteiger charge is -2.11. The largest absolute Gasteiger partial charge is 0.372 e. The second-order valence-corrected chi connectivity index (χ2v) is 4.87. The lowest BCUT2D eigenvalue weighted by molar-refractivity contribution is 1.06. The molecule has 19 heavy (non-hydrogen) atoms. The fraction of sp³-hybridized carbons (Fsp3) is 0.231. The maximum atomic E-state index is 6.11. The molecule has 2 aromatic rings. The van der Waals surface area contributed by atoms with E-state index >= 15 is 0 Å². The van der Waals surface area contributed by atoms with Gasteiger partial charge in [0.15, 0.2) is 0 Å². The Morgan fingerprint density at radius 3 is 2.63 bits per heavy atom. The molecule has 0 atom stereocenters. The van der Waals surface area contributed by atoms with Gasteiger partial charge in [-0.25, -0.2) is 4.98 Å². The first-order chi connectivity index (χ1) is 9.11. The number of hydrogen-bond donors (Lipinski definition) is 2. The molecule has 2 aromatic heterocycles. The molecule has 0 fully saturated rings. The number of halogens is 2. The lowest BCUT2D eigenvalue weighted by atomic mass is 10.1. The Hall–Kier alpha value is -1.52. The molecule has 6 heteroatoms. The lowest BCUT2D eigenvalue weighted by Crippen LogP contribution is -2.05. The summed E-state index contributed by atoms with van der Waals surface area (Å²) >= 11 is 12.1. The highest BCUT2D eigenvalue weighted by Crippen LogP contribution is 2.29. The molecule has 0 amide bonds. The summed E-state index contributed by atoms with van der Waals surface area (Å²) in [5.41, 5.74) is 2.27. The topological polar surface area (TPSA) is 49.8 Å². The van der Waals surface area contributed by atoms with Crippen LogP contribution in [0.15, 0.2) is 24.5 Å². The van der Waals surface area contributed by atoms with E-state index in [0.29, 0.717) is 28.2 Å². The summed E-state index contributed by atoms with van der Waals surface area (Å²) in [7, 11) is 1.76. The predicted octanol–water partition coefficient (Wildman–Crippen LogP) is 3.75. The Kier molecular flexibility index (Phi) is 4.45. The molecular weight excluding hydrogens is 283 g/mol. The van der Waals surface area contributed by atoms with Gasteiger partial charge < -0.3 is 10.6 Å². The first kappa shape index (κ1) is 13.9. The normalized spacial score (nSPS) is 10.3. The van der Waals surface area contributed by atoms with Crippen LogP contribution in [0.1, 0.15) is 11.1 Å². The molecule has 0 spiro atoms. The third-order valence-corrected chi connectivity index (χ3v) is 3.34. The summed E-state index contributed by atoms with van der Waals surface area (Å²) in [5.74, 6) is 1.19. The van der Waals surface area contributed by atoms with Gasteiger partial charge in [-0.2, -0.15) is 0 Å². The molecule has 0 bridgehead atoms. The van der Waals surface area contributed by atoms with Gasteiger partial charge in [0.1, 0.15) is 11.6 Å². The highest BCUT2D eigenvalue weighted by Gasteiger charge is 2.08. The van der Waals surface area contributed by atoms with Crippen molar-refractivity contribution in [3.63, 3.8) is 0 Å². The van der Waals surface area contributed by atoms with Crippen LogP contribution in [0, 0.1) is 6.92 Å². The molecule has 0 saturated carbocycles. The molecule has 0 aliphatic carbocycles. The van der Waals surface area contributed by atoms with Crippen LogP contribution in [-0.2, 0) is 6.54 Å². The van der Waals surface area contributed by atoms with Gasteiger partial charge in [0.05, 0.1) is 10.0 Å². The first-order valence-electron chi connectivity index (χ1n) is 5.79. The second kappa shape index (κ2) is 6.08. The quantitative estimate of drug-likeness (QED) is 0.902. The molecule has 2 N–H and O–H groups in total. The molecule has 2 heterocycles. The van der Waals surface area contributed by atoms with E-state index in [1.54, 1.807) is 19.3 Å². The number of pyridine rings is 2. The number of nitrogens with one attached hydrogen (secondary N) is 2. The van der Waals surface area contributed by atoms with Gasteiger partial charge in [-0.15, -0.1) is 0 Å². The zero-order chi connectivity index (χ0) is 13.8. The van der Waals surface area contributed by atoms with Crippen molar-refractivity contribution in [3.05, 3.63) is 45.7 Å². The van der Waals surface area contributed by atoms with Gasteiger partial charge in [0, 0.05) is 26.0 Å². The number of rotatable bonds is 4. The molecular formula is C13H14Cl2N4. The fourth-order valence-electron chi connectivity index (χ4n) is 1.63. The van der Waals surface area contributed by atoms with Crippen LogP contribution in [0.5, 0.6) is 0 Å². The third-order valence-electron chi connectivity index (χ3n) is 2.76. The van der Waals surface area contributed by atoms with E-state index < -0.39 is 0 Å². The minimum Gasteiger partial charge on any atom is -0.372 e. The average molecular weight is 297 g/mol. The van der Waals surface area contributed by atoms with Crippen LogP contribution in [0.2, 0.25) is 10.0 Å². The standard InChI is InChI=1S/C13H14Cl2N4/c1-8-3-4-17-6-9(8)7-18-13-11(15)5-10(14)12(16-2)19-13/h3-6H,7H2,1-2H3,(H2,16,18,19). The minimum absolute atomic E-state index is 0.491. The van der Waals surface area contributed by atoms with E-state index in [4.69, 9.17) is 23.2 Å². The summed E-state index contributed by atoms with van der Waals surface area (Å²) in [4.78, 5) is 8.43. The Labute approximate surface area is 122 Å². The summed E-state index contributed by atoms with van der Waals surface area (Å²) in [6.07, 6.45) is 3.59. The predicted molar refractivity (Wildman–Crippen MR) is 80.1 cm³/mol. The van der Waals surface area contributed by atoms with E-state index in [1.807, 2.05) is 19.2 Å². The number of nitrogens with zero attached hydrogens (tertiary/aromatic N) is 2. The second-order valence-electron chi connectivity index (χ2n) is 4.05. The zero-order valence-corrected chi connectivity index (χ0v) is 12.2. The SMILES string of the molecule is CNc1nc(NCc2cnccc2C)c(Cl)cc1Cl. The molecule has 0 aliphatic heterocycles. The molecule has 0 radical (unpaired) electrons. The van der Waals surface area contributed by atoms with Crippen LogP contribution >= 0.6 is 23.2 Å². The van der Waals surface area contributed by atoms with Crippen molar-refractivity contribution in [1.29, 1.82) is 0 Å². The smallest absolute Gasteiger partial charge is 0.147 e. The number of anilines is 2. The van der Waals surface area contributed by atoms with Gasteiger partial charge in [0.2, 0.25) is 0 Å². The molecule has 0 saturated heterocycles. The van der Waals surface area contributed by atoms with Crippen molar-refractivity contribution < 1.29 is 0 Å². The molecule has 0 unspecified atom stereocenters. The molecule has 0 aromatic carbocycles. The highest BCUT2D eigenvalue weighted by atomic mass is 35.5. The third kappa shape index (κ3) is 3.28. The van der Waals surface area contributed by atoms with Crippen molar-refractivity contribution >= 4 is 34.8 Å². The van der Waals surface area contributed by atoms with E-state index in [1.165, 1.54) is 5.56 Å². The van der Waals surface area contributed by atoms with Crippen molar-refractivity contribution in [2.75, 3.05) is 17.7 Å². The zero-order valence-electron chi connectivity index (χ0n) is 10.7. The van der Waals surface area contributed by atoms with Crippen LogP contribution in [0.25, 0.3) is 0 Å². The van der Waals surface area contributed by atoms with Gasteiger partial charge in [-0.05, 0) is 30.2 Å².